The van der Waals surface area contributed by atoms with Gasteiger partial charge < -0.3 is 5.73 Å². The van der Waals surface area contributed by atoms with Gasteiger partial charge in [0.15, 0.2) is 9.84 Å². The van der Waals surface area contributed by atoms with Gasteiger partial charge in [0.1, 0.15) is 0 Å². The van der Waals surface area contributed by atoms with Gasteiger partial charge in [-0.2, -0.15) is 0 Å². The molecule has 0 amide bonds. The van der Waals surface area contributed by atoms with Gasteiger partial charge in [0.25, 0.3) is 0 Å². The molecule has 0 radical (unpaired) electrons. The normalized spacial score (nSPS) is 35.3. The van der Waals surface area contributed by atoms with Crippen LogP contribution in [0.3, 0.4) is 0 Å². The van der Waals surface area contributed by atoms with Crippen molar-refractivity contribution < 1.29 is 8.42 Å². The molecule has 0 unspecified atom stereocenters. The first-order valence-corrected chi connectivity index (χ1v) is 6.20. The molecule has 2 atom stereocenters. The molecule has 2 N–H and O–H groups in total. The first kappa shape index (κ1) is 9.99. The Morgan fingerprint density at radius 1 is 1.42 bits per heavy atom. The minimum atomic E-state index is -2.79. The van der Waals surface area contributed by atoms with Gasteiger partial charge in [0.05, 0.1) is 11.5 Å². The van der Waals surface area contributed by atoms with Crippen LogP contribution in [0.25, 0.3) is 0 Å². The van der Waals surface area contributed by atoms with E-state index in [0.717, 1.165) is 0 Å². The van der Waals surface area contributed by atoms with E-state index in [0.29, 0.717) is 12.3 Å². The van der Waals surface area contributed by atoms with Gasteiger partial charge in [-0.3, -0.25) is 0 Å². The van der Waals surface area contributed by atoms with Gasteiger partial charge in [-0.25, -0.2) is 8.42 Å². The van der Waals surface area contributed by atoms with Crippen molar-refractivity contribution in [3.8, 4) is 0 Å². The van der Waals surface area contributed by atoms with Gasteiger partial charge in [-0.05, 0) is 18.3 Å². The highest BCUT2D eigenvalue weighted by Crippen LogP contribution is 2.23. The maximum absolute atomic E-state index is 11.3. The zero-order valence-electron chi connectivity index (χ0n) is 7.66. The maximum atomic E-state index is 11.3. The summed E-state index contributed by atoms with van der Waals surface area (Å²) in [5.41, 5.74) is 5.84. The quantitative estimate of drug-likeness (QED) is 0.653. The fourth-order valence-corrected chi connectivity index (χ4v) is 3.73. The van der Waals surface area contributed by atoms with Gasteiger partial charge in [0.2, 0.25) is 0 Å². The first-order chi connectivity index (χ1) is 5.42. The monoisotopic (exact) mass is 191 g/mol. The van der Waals surface area contributed by atoms with Crippen molar-refractivity contribution in [2.24, 2.45) is 17.6 Å². The number of hydrogen-bond acceptors (Lipinski definition) is 3. The van der Waals surface area contributed by atoms with Crippen LogP contribution < -0.4 is 5.73 Å². The predicted octanol–water partition coefficient (Wildman–Crippen LogP) is 0.404. The second-order valence-electron chi connectivity index (χ2n) is 3.97. The van der Waals surface area contributed by atoms with Gasteiger partial charge in [-0.15, -0.1) is 0 Å². The third kappa shape index (κ3) is 2.20. The second-order valence-corrected chi connectivity index (χ2v) is 6.20. The first-order valence-electron chi connectivity index (χ1n) is 4.38. The summed E-state index contributed by atoms with van der Waals surface area (Å²) in [6, 6.07) is 0.0773. The van der Waals surface area contributed by atoms with Crippen molar-refractivity contribution in [3.63, 3.8) is 0 Å². The molecule has 0 spiro atoms. The van der Waals surface area contributed by atoms with Gasteiger partial charge >= 0.3 is 0 Å². The van der Waals surface area contributed by atoms with Crippen LogP contribution in [0.1, 0.15) is 20.3 Å². The molecule has 4 heteroatoms. The van der Waals surface area contributed by atoms with E-state index in [1.54, 1.807) is 0 Å². The molecule has 1 rings (SSSR count). The molecule has 0 saturated carbocycles. The van der Waals surface area contributed by atoms with Crippen molar-refractivity contribution in [2.75, 3.05) is 11.5 Å². The summed E-state index contributed by atoms with van der Waals surface area (Å²) in [4.78, 5) is 0. The maximum Gasteiger partial charge on any atom is 0.150 e. The van der Waals surface area contributed by atoms with Crippen molar-refractivity contribution in [1.82, 2.24) is 0 Å². The molecule has 72 valence electrons. The summed E-state index contributed by atoms with van der Waals surface area (Å²) in [5.74, 6) is 1.09. The number of sulfone groups is 1. The summed E-state index contributed by atoms with van der Waals surface area (Å²) in [6.45, 7) is 4.07. The minimum absolute atomic E-state index is 0.0773. The minimum Gasteiger partial charge on any atom is -0.327 e. The highest BCUT2D eigenvalue weighted by atomic mass is 32.2. The van der Waals surface area contributed by atoms with E-state index in [-0.39, 0.29) is 23.5 Å². The molecular formula is C8H17NO2S. The lowest BCUT2D eigenvalue weighted by molar-refractivity contribution is 0.329. The van der Waals surface area contributed by atoms with E-state index in [4.69, 9.17) is 5.73 Å². The Hall–Kier alpha value is -0.0900. The Balaban J connectivity index is 2.73. The lowest BCUT2D eigenvalue weighted by atomic mass is 9.89. The lowest BCUT2D eigenvalue weighted by Crippen LogP contribution is -2.44. The third-order valence-electron chi connectivity index (χ3n) is 2.61. The van der Waals surface area contributed by atoms with Crippen LogP contribution in [0.2, 0.25) is 0 Å². The lowest BCUT2D eigenvalue weighted by Gasteiger charge is -2.31. The SMILES string of the molecule is CC(C)[C@@H]1CS(=O)(=O)CC[C@H]1N. The summed E-state index contributed by atoms with van der Waals surface area (Å²) in [6.07, 6.45) is 0.630. The van der Waals surface area contributed by atoms with E-state index < -0.39 is 9.84 Å². The fraction of sp³-hybridized carbons (Fsp3) is 1.00. The zero-order valence-corrected chi connectivity index (χ0v) is 8.47. The molecule has 1 heterocycles. The van der Waals surface area contributed by atoms with Crippen molar-refractivity contribution in [3.05, 3.63) is 0 Å². The van der Waals surface area contributed by atoms with Gasteiger partial charge in [0, 0.05) is 6.04 Å². The van der Waals surface area contributed by atoms with E-state index in [1.807, 2.05) is 13.8 Å². The number of rotatable bonds is 1. The van der Waals surface area contributed by atoms with Crippen LogP contribution in [0, 0.1) is 11.8 Å². The van der Waals surface area contributed by atoms with Crippen molar-refractivity contribution in [2.45, 2.75) is 26.3 Å². The van der Waals surface area contributed by atoms with Crippen LogP contribution in [-0.4, -0.2) is 26.0 Å². The van der Waals surface area contributed by atoms with Crippen molar-refractivity contribution in [1.29, 1.82) is 0 Å². The topological polar surface area (TPSA) is 60.2 Å². The smallest absolute Gasteiger partial charge is 0.150 e. The van der Waals surface area contributed by atoms with Crippen LogP contribution in [0.5, 0.6) is 0 Å². The van der Waals surface area contributed by atoms with Crippen LogP contribution >= 0.6 is 0 Å². The van der Waals surface area contributed by atoms with Crippen LogP contribution in [0.4, 0.5) is 0 Å². The molecule has 1 saturated heterocycles. The molecule has 0 bridgehead atoms. The Labute approximate surface area is 74.3 Å². The predicted molar refractivity (Wildman–Crippen MR) is 49.6 cm³/mol. The Bertz CT molecular complexity index is 246. The third-order valence-corrected chi connectivity index (χ3v) is 4.37. The van der Waals surface area contributed by atoms with Crippen LogP contribution in [0.15, 0.2) is 0 Å². The molecule has 0 aromatic heterocycles. The van der Waals surface area contributed by atoms with Crippen LogP contribution in [-0.2, 0) is 9.84 Å². The molecule has 1 aliphatic heterocycles. The fourth-order valence-electron chi connectivity index (χ4n) is 1.72. The zero-order chi connectivity index (χ0) is 9.35. The summed E-state index contributed by atoms with van der Waals surface area (Å²) in [5, 5.41) is 0. The molecule has 3 nitrogen and oxygen atoms in total. The highest BCUT2D eigenvalue weighted by Gasteiger charge is 2.32. The molecule has 12 heavy (non-hydrogen) atoms. The molecule has 1 aliphatic rings. The molecule has 1 fully saturated rings. The average molecular weight is 191 g/mol. The standard InChI is InChI=1S/C8H17NO2S/c1-6(2)7-5-12(10,11)4-3-8(7)9/h6-8H,3-5,9H2,1-2H3/t7-,8+/m0/s1. The number of nitrogens with two attached hydrogens (primary N) is 1. The van der Waals surface area contributed by atoms with E-state index in [1.165, 1.54) is 0 Å². The van der Waals surface area contributed by atoms with E-state index >= 15 is 0 Å². The Kier molecular flexibility index (Phi) is 2.78. The van der Waals surface area contributed by atoms with E-state index in [9.17, 15) is 8.42 Å². The van der Waals surface area contributed by atoms with E-state index in [2.05, 4.69) is 0 Å². The van der Waals surface area contributed by atoms with Crippen molar-refractivity contribution >= 4 is 9.84 Å². The summed E-state index contributed by atoms with van der Waals surface area (Å²) >= 11 is 0. The Morgan fingerprint density at radius 2 is 2.00 bits per heavy atom. The summed E-state index contributed by atoms with van der Waals surface area (Å²) in [7, 11) is -2.79. The average Bonchev–Trinajstić information content (AvgIpc) is 1.94. The number of hydrogen-bond donors (Lipinski definition) is 1. The molecular weight excluding hydrogens is 174 g/mol. The highest BCUT2D eigenvalue weighted by molar-refractivity contribution is 7.91. The summed E-state index contributed by atoms with van der Waals surface area (Å²) < 4.78 is 22.5. The molecule has 0 aromatic rings. The Morgan fingerprint density at radius 3 is 2.42 bits per heavy atom. The second kappa shape index (κ2) is 3.34. The molecule has 0 aliphatic carbocycles. The largest absolute Gasteiger partial charge is 0.327 e. The van der Waals surface area contributed by atoms with Gasteiger partial charge in [-0.1, -0.05) is 13.8 Å². The molecule has 0 aromatic carbocycles.